The maximum absolute atomic E-state index is 11.5. The molecular weight excluding hydrogens is 455 g/mol. The Balaban J connectivity index is 0.000000252. The van der Waals surface area contributed by atoms with Crippen LogP contribution in [0.1, 0.15) is 40.2 Å². The van der Waals surface area contributed by atoms with Crippen LogP contribution in [0.3, 0.4) is 0 Å². The fraction of sp³-hybridized carbons (Fsp3) is 0.350. The first-order valence-electron chi connectivity index (χ1n) is 8.27. The number of fused-ring (bicyclic) bond motifs is 2. The number of hydrogen-bond donors (Lipinski definition) is 2. The van der Waals surface area contributed by atoms with Gasteiger partial charge in [0.1, 0.15) is 0 Å². The number of hydrogen-bond acceptors (Lipinski definition) is 2. The Bertz CT molecular complexity index is 856. The van der Waals surface area contributed by atoms with Crippen LogP contribution in [0.25, 0.3) is 0 Å². The Labute approximate surface area is 175 Å². The van der Waals surface area contributed by atoms with Crippen molar-refractivity contribution in [3.05, 3.63) is 56.5 Å². The minimum absolute atomic E-state index is 0. The third-order valence-corrected chi connectivity index (χ3v) is 5.89. The largest absolute Gasteiger partial charge is 0.384 e. The molecule has 26 heavy (non-hydrogen) atoms. The van der Waals surface area contributed by atoms with E-state index in [9.17, 15) is 4.79 Å². The number of amides is 1. The van der Waals surface area contributed by atoms with E-state index in [0.29, 0.717) is 0 Å². The quantitative estimate of drug-likeness (QED) is 0.477. The SMILES string of the molecule is CC1(C)C(=O)Nc2ccc(Br)cc21.CC1(C)CNc2ccc(Br)cc21.[B].[HH]. The highest BCUT2D eigenvalue weighted by atomic mass is 79.9. The van der Waals surface area contributed by atoms with E-state index in [1.54, 1.807) is 0 Å². The first kappa shape index (κ1) is 21.0. The lowest BCUT2D eigenvalue weighted by Crippen LogP contribution is -2.26. The molecule has 2 aromatic rings. The van der Waals surface area contributed by atoms with Crippen LogP contribution in [-0.2, 0) is 15.6 Å². The summed E-state index contributed by atoms with van der Waals surface area (Å²) in [5.41, 5.74) is 4.56. The zero-order chi connectivity index (χ0) is 18.4. The highest BCUT2D eigenvalue weighted by Gasteiger charge is 2.38. The van der Waals surface area contributed by atoms with E-state index in [4.69, 9.17) is 0 Å². The van der Waals surface area contributed by atoms with Crippen LogP contribution in [0.15, 0.2) is 45.3 Å². The summed E-state index contributed by atoms with van der Waals surface area (Å²) in [7, 11) is 0. The van der Waals surface area contributed by atoms with E-state index in [1.807, 2.05) is 32.0 Å². The molecule has 0 aliphatic carbocycles. The number of carbonyl (C=O) groups is 1. The van der Waals surface area contributed by atoms with Crippen molar-refractivity contribution in [1.29, 1.82) is 0 Å². The summed E-state index contributed by atoms with van der Waals surface area (Å²) in [6.07, 6.45) is 0. The first-order valence-corrected chi connectivity index (χ1v) is 9.85. The highest BCUT2D eigenvalue weighted by Crippen LogP contribution is 2.39. The summed E-state index contributed by atoms with van der Waals surface area (Å²) in [5, 5.41) is 6.25. The number of anilines is 2. The minimum atomic E-state index is -0.404. The molecule has 6 heteroatoms. The van der Waals surface area contributed by atoms with Crippen LogP contribution in [-0.4, -0.2) is 20.9 Å². The van der Waals surface area contributed by atoms with Gasteiger partial charge in [-0.05, 0) is 61.4 Å². The van der Waals surface area contributed by atoms with Gasteiger partial charge < -0.3 is 10.6 Å². The van der Waals surface area contributed by atoms with Crippen molar-refractivity contribution >= 4 is 57.6 Å². The second-order valence-corrected chi connectivity index (χ2v) is 9.53. The molecule has 4 rings (SSSR count). The third-order valence-electron chi connectivity index (χ3n) is 4.90. The molecule has 0 unspecified atom stereocenters. The molecule has 0 saturated carbocycles. The summed E-state index contributed by atoms with van der Waals surface area (Å²) in [5.74, 6) is 0.0700. The van der Waals surface area contributed by atoms with Crippen molar-refractivity contribution < 1.29 is 6.22 Å². The molecule has 0 spiro atoms. The van der Waals surface area contributed by atoms with E-state index < -0.39 is 5.41 Å². The van der Waals surface area contributed by atoms with E-state index in [0.717, 1.165) is 26.7 Å². The lowest BCUT2D eigenvalue weighted by molar-refractivity contribution is -0.119. The summed E-state index contributed by atoms with van der Waals surface area (Å²) in [6.45, 7) is 9.43. The van der Waals surface area contributed by atoms with Crippen molar-refractivity contribution in [3.8, 4) is 0 Å². The van der Waals surface area contributed by atoms with Crippen LogP contribution < -0.4 is 10.6 Å². The number of nitrogens with one attached hydrogen (secondary N) is 2. The maximum Gasteiger partial charge on any atom is 0.234 e. The molecule has 2 N–H and O–H groups in total. The Kier molecular flexibility index (Phi) is 5.98. The van der Waals surface area contributed by atoms with Gasteiger partial charge in [-0.3, -0.25) is 4.79 Å². The number of rotatable bonds is 0. The fourth-order valence-electron chi connectivity index (χ4n) is 3.19. The molecule has 2 aliphatic heterocycles. The van der Waals surface area contributed by atoms with Gasteiger partial charge in [-0.25, -0.2) is 0 Å². The molecule has 0 saturated heterocycles. The monoisotopic (exact) mass is 477 g/mol. The molecule has 0 bridgehead atoms. The van der Waals surface area contributed by atoms with E-state index >= 15 is 0 Å². The van der Waals surface area contributed by atoms with E-state index in [1.165, 1.54) is 11.3 Å². The first-order chi connectivity index (χ1) is 11.6. The third kappa shape index (κ3) is 3.86. The van der Waals surface area contributed by atoms with Crippen LogP contribution in [0.5, 0.6) is 0 Å². The zero-order valence-corrected chi connectivity index (χ0v) is 18.6. The summed E-state index contributed by atoms with van der Waals surface area (Å²) >= 11 is 6.89. The highest BCUT2D eigenvalue weighted by molar-refractivity contribution is 9.10. The Morgan fingerprint density at radius 3 is 2.08 bits per heavy atom. The predicted octanol–water partition coefficient (Wildman–Crippen LogP) is 5.70. The van der Waals surface area contributed by atoms with Gasteiger partial charge >= 0.3 is 0 Å². The Morgan fingerprint density at radius 2 is 1.46 bits per heavy atom. The van der Waals surface area contributed by atoms with Gasteiger partial charge in [0.2, 0.25) is 5.91 Å². The number of benzene rings is 2. The molecule has 0 aromatic heterocycles. The zero-order valence-electron chi connectivity index (χ0n) is 15.4. The van der Waals surface area contributed by atoms with Gasteiger partial charge in [0, 0.05) is 42.1 Å². The molecule has 2 aliphatic rings. The maximum atomic E-state index is 11.5. The van der Waals surface area contributed by atoms with Crippen molar-refractivity contribution in [2.45, 2.75) is 38.5 Å². The lowest BCUT2D eigenvalue weighted by atomic mass is 9.86. The average molecular weight is 479 g/mol. The lowest BCUT2D eigenvalue weighted by Gasteiger charge is -2.16. The standard InChI is InChI=1S/C10H10BrNO.C10H12BrN.B.H2/c1-10(2)7-5-6(11)3-4-8(7)12-9(10)13;1-10(2)6-12-9-4-3-7(11)5-8(9)10;;/h3-5H,1-2H3,(H,12,13);3-5,12H,6H2,1-2H3;;1H. The second kappa shape index (κ2) is 7.39. The summed E-state index contributed by atoms with van der Waals surface area (Å²) in [4.78, 5) is 11.5. The molecule has 2 aromatic carbocycles. The van der Waals surface area contributed by atoms with Crippen LogP contribution in [0.2, 0.25) is 0 Å². The minimum Gasteiger partial charge on any atom is -0.384 e. The topological polar surface area (TPSA) is 41.1 Å². The number of carbonyl (C=O) groups excluding carboxylic acids is 1. The summed E-state index contributed by atoms with van der Waals surface area (Å²) < 4.78 is 2.17. The molecule has 137 valence electrons. The molecule has 2 heterocycles. The Hall–Kier alpha value is -1.27. The molecular formula is C20H24BBr2N2O. The predicted molar refractivity (Wildman–Crippen MR) is 119 cm³/mol. The van der Waals surface area contributed by atoms with E-state index in [2.05, 4.69) is 74.5 Å². The van der Waals surface area contributed by atoms with E-state index in [-0.39, 0.29) is 21.2 Å². The van der Waals surface area contributed by atoms with Crippen LogP contribution in [0, 0.1) is 0 Å². The normalized spacial score (nSPS) is 17.7. The van der Waals surface area contributed by atoms with Gasteiger partial charge in [-0.15, -0.1) is 0 Å². The molecule has 3 nitrogen and oxygen atoms in total. The van der Waals surface area contributed by atoms with Gasteiger partial charge in [0.25, 0.3) is 0 Å². The van der Waals surface area contributed by atoms with Crippen molar-refractivity contribution in [2.75, 3.05) is 17.2 Å². The van der Waals surface area contributed by atoms with Crippen LogP contribution in [0.4, 0.5) is 11.4 Å². The number of halogens is 2. The smallest absolute Gasteiger partial charge is 0.234 e. The van der Waals surface area contributed by atoms with Crippen molar-refractivity contribution in [2.24, 2.45) is 0 Å². The average Bonchev–Trinajstić information content (AvgIpc) is 2.95. The summed E-state index contributed by atoms with van der Waals surface area (Å²) in [6, 6.07) is 12.3. The van der Waals surface area contributed by atoms with Crippen LogP contribution >= 0.6 is 31.9 Å². The molecule has 1 amide bonds. The van der Waals surface area contributed by atoms with Gasteiger partial charge in [0.05, 0.1) is 5.41 Å². The molecule has 0 fully saturated rings. The van der Waals surface area contributed by atoms with Crippen molar-refractivity contribution in [3.63, 3.8) is 0 Å². The molecule has 3 radical (unpaired) electrons. The Morgan fingerprint density at radius 1 is 0.923 bits per heavy atom. The second-order valence-electron chi connectivity index (χ2n) is 7.70. The van der Waals surface area contributed by atoms with Crippen molar-refractivity contribution in [1.82, 2.24) is 0 Å². The van der Waals surface area contributed by atoms with Gasteiger partial charge in [0.15, 0.2) is 0 Å². The molecule has 0 atom stereocenters. The van der Waals surface area contributed by atoms with Gasteiger partial charge in [-0.2, -0.15) is 0 Å². The fourth-order valence-corrected chi connectivity index (χ4v) is 3.91. The van der Waals surface area contributed by atoms with Gasteiger partial charge in [-0.1, -0.05) is 45.7 Å².